The first-order valence-corrected chi connectivity index (χ1v) is 8.84. The summed E-state index contributed by atoms with van der Waals surface area (Å²) in [5, 5.41) is 4.44. The topological polar surface area (TPSA) is 21.3 Å². The minimum absolute atomic E-state index is 0.351. The molecule has 0 bridgehead atoms. The third-order valence-corrected chi connectivity index (χ3v) is 5.40. The predicted molar refractivity (Wildman–Crippen MR) is 95.0 cm³/mol. The Labute approximate surface area is 140 Å². The Kier molecular flexibility index (Phi) is 6.17. The molecule has 1 saturated carbocycles. The number of rotatable bonds is 6. The maximum Gasteiger partial charge on any atom is 0.123 e. The second kappa shape index (κ2) is 7.70. The fourth-order valence-corrected chi connectivity index (χ4v) is 3.79. The first-order valence-electron chi connectivity index (χ1n) is 8.46. The summed E-state index contributed by atoms with van der Waals surface area (Å²) in [7, 11) is 1.71. The van der Waals surface area contributed by atoms with Gasteiger partial charge in [0, 0.05) is 17.1 Å². The van der Waals surface area contributed by atoms with Crippen LogP contribution in [0.15, 0.2) is 18.2 Å². The van der Waals surface area contributed by atoms with Crippen molar-refractivity contribution in [1.82, 2.24) is 5.32 Å². The van der Waals surface area contributed by atoms with Crippen LogP contribution in [0.5, 0.6) is 5.75 Å². The highest BCUT2D eigenvalue weighted by atomic mass is 35.5. The molecule has 0 heterocycles. The fraction of sp³-hybridized carbons (Fsp3) is 0.684. The Bertz CT molecular complexity index is 476. The van der Waals surface area contributed by atoms with E-state index in [4.69, 9.17) is 16.3 Å². The maximum absolute atomic E-state index is 6.35. The van der Waals surface area contributed by atoms with Crippen molar-refractivity contribution in [1.29, 1.82) is 0 Å². The summed E-state index contributed by atoms with van der Waals surface area (Å²) in [5.74, 6) is 2.07. The van der Waals surface area contributed by atoms with E-state index in [1.807, 2.05) is 18.2 Å². The Hall–Kier alpha value is -0.730. The monoisotopic (exact) mass is 323 g/mol. The molecule has 0 amide bonds. The number of nitrogens with one attached hydrogen (secondary N) is 1. The molecule has 1 fully saturated rings. The fourth-order valence-electron chi connectivity index (χ4n) is 3.44. The van der Waals surface area contributed by atoms with E-state index in [0.29, 0.717) is 11.3 Å². The van der Waals surface area contributed by atoms with Gasteiger partial charge in [-0.05, 0) is 61.6 Å². The van der Waals surface area contributed by atoms with Gasteiger partial charge < -0.3 is 10.1 Å². The molecule has 2 rings (SSSR count). The van der Waals surface area contributed by atoms with Crippen molar-refractivity contribution in [2.75, 3.05) is 20.2 Å². The maximum atomic E-state index is 6.35. The lowest BCUT2D eigenvalue weighted by molar-refractivity contribution is 0.188. The zero-order chi connectivity index (χ0) is 16.2. The number of methoxy groups -OCH3 is 1. The van der Waals surface area contributed by atoms with Crippen molar-refractivity contribution in [3.63, 3.8) is 0 Å². The Morgan fingerprint density at radius 1 is 1.32 bits per heavy atom. The first-order chi connectivity index (χ1) is 10.4. The summed E-state index contributed by atoms with van der Waals surface area (Å²) in [6.45, 7) is 9.05. The summed E-state index contributed by atoms with van der Waals surface area (Å²) in [6, 6.07) is 5.87. The summed E-state index contributed by atoms with van der Waals surface area (Å²) >= 11 is 6.35. The number of ether oxygens (including phenoxy) is 1. The van der Waals surface area contributed by atoms with Gasteiger partial charge in [0.25, 0.3) is 0 Å². The highest BCUT2D eigenvalue weighted by Crippen LogP contribution is 2.38. The minimum atomic E-state index is 0.351. The van der Waals surface area contributed by atoms with Crippen molar-refractivity contribution in [2.45, 2.75) is 52.4 Å². The van der Waals surface area contributed by atoms with Gasteiger partial charge in [-0.2, -0.15) is 0 Å². The van der Waals surface area contributed by atoms with E-state index < -0.39 is 0 Å². The summed E-state index contributed by atoms with van der Waals surface area (Å²) in [6.07, 6.45) is 5.41. The number of hydrogen-bond acceptors (Lipinski definition) is 2. The van der Waals surface area contributed by atoms with Gasteiger partial charge in [0.05, 0.1) is 7.11 Å². The van der Waals surface area contributed by atoms with E-state index in [2.05, 4.69) is 26.1 Å². The predicted octanol–water partition coefficient (Wildman–Crippen LogP) is 5.26. The number of halogens is 1. The summed E-state index contributed by atoms with van der Waals surface area (Å²) in [4.78, 5) is 0. The molecular weight excluding hydrogens is 294 g/mol. The SMILES string of the molecule is COc1cccc(Cl)c1C(C)CNCC1CCC(C)(C)CC1. The van der Waals surface area contributed by atoms with Gasteiger partial charge in [-0.15, -0.1) is 0 Å². The van der Waals surface area contributed by atoms with E-state index in [1.165, 1.54) is 25.7 Å². The van der Waals surface area contributed by atoms with Crippen molar-refractivity contribution in [3.05, 3.63) is 28.8 Å². The van der Waals surface area contributed by atoms with Gasteiger partial charge in [-0.3, -0.25) is 0 Å². The van der Waals surface area contributed by atoms with E-state index >= 15 is 0 Å². The normalized spacial score (nSPS) is 19.9. The smallest absolute Gasteiger partial charge is 0.123 e. The molecule has 1 aliphatic rings. The summed E-state index contributed by atoms with van der Waals surface area (Å²) < 4.78 is 5.45. The minimum Gasteiger partial charge on any atom is -0.496 e. The number of benzene rings is 1. The molecule has 1 atom stereocenters. The van der Waals surface area contributed by atoms with Crippen LogP contribution in [0.25, 0.3) is 0 Å². The van der Waals surface area contributed by atoms with Crippen LogP contribution in [0.2, 0.25) is 5.02 Å². The Morgan fingerprint density at radius 2 is 2.00 bits per heavy atom. The molecule has 0 aromatic heterocycles. The molecule has 124 valence electrons. The third kappa shape index (κ3) is 4.63. The van der Waals surface area contributed by atoms with E-state index in [9.17, 15) is 0 Å². The molecule has 1 aromatic carbocycles. The van der Waals surface area contributed by atoms with Crippen molar-refractivity contribution in [2.24, 2.45) is 11.3 Å². The van der Waals surface area contributed by atoms with Crippen LogP contribution in [-0.2, 0) is 0 Å². The zero-order valence-electron chi connectivity index (χ0n) is 14.4. The van der Waals surface area contributed by atoms with Gasteiger partial charge in [0.15, 0.2) is 0 Å². The molecule has 1 aromatic rings. The Balaban J connectivity index is 1.83. The van der Waals surface area contributed by atoms with Crippen molar-refractivity contribution >= 4 is 11.6 Å². The molecule has 0 saturated heterocycles. The van der Waals surface area contributed by atoms with Gasteiger partial charge in [0.1, 0.15) is 5.75 Å². The van der Waals surface area contributed by atoms with Gasteiger partial charge in [-0.25, -0.2) is 0 Å². The zero-order valence-corrected chi connectivity index (χ0v) is 15.2. The lowest BCUT2D eigenvalue weighted by Gasteiger charge is -2.34. The molecule has 3 heteroatoms. The lowest BCUT2D eigenvalue weighted by Crippen LogP contribution is -2.31. The molecule has 0 spiro atoms. The molecule has 22 heavy (non-hydrogen) atoms. The molecule has 1 aliphatic carbocycles. The van der Waals surface area contributed by atoms with Crippen molar-refractivity contribution < 1.29 is 4.74 Å². The van der Waals surface area contributed by atoms with Crippen LogP contribution in [0.3, 0.4) is 0 Å². The van der Waals surface area contributed by atoms with E-state index in [1.54, 1.807) is 7.11 Å². The van der Waals surface area contributed by atoms with Crippen molar-refractivity contribution in [3.8, 4) is 5.75 Å². The van der Waals surface area contributed by atoms with Crippen LogP contribution >= 0.6 is 11.6 Å². The molecular formula is C19H30ClNO. The van der Waals surface area contributed by atoms with Crippen LogP contribution < -0.4 is 10.1 Å². The molecule has 1 unspecified atom stereocenters. The van der Waals surface area contributed by atoms with E-state index in [0.717, 1.165) is 35.3 Å². The van der Waals surface area contributed by atoms with Gasteiger partial charge >= 0.3 is 0 Å². The van der Waals surface area contributed by atoms with Crippen LogP contribution in [0.1, 0.15) is 57.9 Å². The van der Waals surface area contributed by atoms with Crippen LogP contribution in [-0.4, -0.2) is 20.2 Å². The molecule has 2 nitrogen and oxygen atoms in total. The molecule has 0 aliphatic heterocycles. The van der Waals surface area contributed by atoms with Gasteiger partial charge in [-0.1, -0.05) is 38.4 Å². The molecule has 0 radical (unpaired) electrons. The quantitative estimate of drug-likeness (QED) is 0.771. The number of hydrogen-bond donors (Lipinski definition) is 1. The second-order valence-electron chi connectivity index (χ2n) is 7.52. The third-order valence-electron chi connectivity index (χ3n) is 5.07. The van der Waals surface area contributed by atoms with E-state index in [-0.39, 0.29) is 0 Å². The lowest BCUT2D eigenvalue weighted by atomic mass is 9.73. The molecule has 1 N–H and O–H groups in total. The summed E-state index contributed by atoms with van der Waals surface area (Å²) in [5.41, 5.74) is 1.67. The van der Waals surface area contributed by atoms with Gasteiger partial charge in [0.2, 0.25) is 0 Å². The Morgan fingerprint density at radius 3 is 2.64 bits per heavy atom. The highest BCUT2D eigenvalue weighted by molar-refractivity contribution is 6.31. The largest absolute Gasteiger partial charge is 0.496 e. The second-order valence-corrected chi connectivity index (χ2v) is 7.93. The standard InChI is InChI=1S/C19H30ClNO/c1-14(18-16(20)6-5-7-17(18)22-4)12-21-13-15-8-10-19(2,3)11-9-15/h5-7,14-15,21H,8-13H2,1-4H3. The average molecular weight is 324 g/mol. The van der Waals surface area contributed by atoms with Crippen LogP contribution in [0.4, 0.5) is 0 Å². The van der Waals surface area contributed by atoms with Crippen LogP contribution in [0, 0.1) is 11.3 Å². The average Bonchev–Trinajstić information content (AvgIpc) is 2.48. The first kappa shape index (κ1) is 17.6. The highest BCUT2D eigenvalue weighted by Gasteiger charge is 2.26.